The quantitative estimate of drug-likeness (QED) is 0.871. The van der Waals surface area contributed by atoms with Crippen molar-refractivity contribution in [2.75, 3.05) is 11.9 Å². The van der Waals surface area contributed by atoms with Crippen LogP contribution in [0.1, 0.15) is 17.2 Å². The van der Waals surface area contributed by atoms with Crippen molar-refractivity contribution >= 4 is 33.2 Å². The summed E-state index contributed by atoms with van der Waals surface area (Å²) < 4.78 is 0.792. The van der Waals surface area contributed by atoms with Crippen LogP contribution in [-0.4, -0.2) is 11.7 Å². The molecule has 2 rings (SSSR count). The van der Waals surface area contributed by atoms with Crippen molar-refractivity contribution in [3.63, 3.8) is 0 Å². The zero-order valence-corrected chi connectivity index (χ0v) is 12.8. The number of aliphatic hydroxyl groups is 1. The Morgan fingerprint density at radius 2 is 1.95 bits per heavy atom. The Kier molecular flexibility index (Phi) is 5.02. The van der Waals surface area contributed by atoms with Gasteiger partial charge in [-0.3, -0.25) is 0 Å². The average Bonchev–Trinajstić information content (AvgIpc) is 2.46. The summed E-state index contributed by atoms with van der Waals surface area (Å²) in [6.45, 7) is 0.367. The second-order valence-electron chi connectivity index (χ2n) is 4.25. The van der Waals surface area contributed by atoms with E-state index in [-0.39, 0.29) is 0 Å². The predicted octanol–water partition coefficient (Wildman–Crippen LogP) is 4.12. The number of hydrogen-bond acceptors (Lipinski definition) is 3. The molecule has 0 saturated heterocycles. The van der Waals surface area contributed by atoms with Crippen LogP contribution in [-0.2, 0) is 0 Å². The fourth-order valence-corrected chi connectivity index (χ4v) is 2.38. The Morgan fingerprint density at radius 1 is 1.25 bits per heavy atom. The number of aliphatic hydroxyl groups excluding tert-OH is 1. The molecule has 0 aliphatic heterocycles. The number of nitrogens with zero attached hydrogens (tertiary/aromatic N) is 1. The molecule has 2 aromatic carbocycles. The van der Waals surface area contributed by atoms with E-state index >= 15 is 0 Å². The highest BCUT2D eigenvalue weighted by molar-refractivity contribution is 9.10. The summed E-state index contributed by atoms with van der Waals surface area (Å²) in [5.41, 5.74) is 2.21. The molecule has 1 atom stereocenters. The maximum atomic E-state index is 10.1. The third kappa shape index (κ3) is 3.73. The summed E-state index contributed by atoms with van der Waals surface area (Å²) in [6, 6.07) is 14.4. The van der Waals surface area contributed by atoms with Crippen LogP contribution in [0.15, 0.2) is 46.9 Å². The van der Waals surface area contributed by atoms with Crippen LogP contribution < -0.4 is 5.32 Å². The Morgan fingerprint density at radius 3 is 2.55 bits per heavy atom. The van der Waals surface area contributed by atoms with Gasteiger partial charge in [0, 0.05) is 21.7 Å². The first-order valence-corrected chi connectivity index (χ1v) is 7.14. The first kappa shape index (κ1) is 14.9. The van der Waals surface area contributed by atoms with Crippen molar-refractivity contribution in [1.29, 1.82) is 5.26 Å². The monoisotopic (exact) mass is 350 g/mol. The third-order valence-corrected chi connectivity index (χ3v) is 3.75. The number of benzene rings is 2. The molecule has 2 aromatic rings. The topological polar surface area (TPSA) is 56.0 Å². The lowest BCUT2D eigenvalue weighted by molar-refractivity contribution is 0.191. The molecule has 0 fully saturated rings. The van der Waals surface area contributed by atoms with Crippen molar-refractivity contribution in [3.8, 4) is 6.07 Å². The molecule has 0 heterocycles. The molecule has 0 aromatic heterocycles. The van der Waals surface area contributed by atoms with E-state index < -0.39 is 6.10 Å². The smallest absolute Gasteiger partial charge is 0.0992 e. The largest absolute Gasteiger partial charge is 0.387 e. The van der Waals surface area contributed by atoms with E-state index in [1.165, 1.54) is 0 Å². The van der Waals surface area contributed by atoms with Gasteiger partial charge in [0.15, 0.2) is 0 Å². The number of nitrogens with one attached hydrogen (secondary N) is 1. The van der Waals surface area contributed by atoms with Crippen LogP contribution >= 0.6 is 27.5 Å². The van der Waals surface area contributed by atoms with Gasteiger partial charge in [0.1, 0.15) is 0 Å². The second kappa shape index (κ2) is 6.76. The summed E-state index contributed by atoms with van der Waals surface area (Å²) >= 11 is 9.20. The molecule has 5 heteroatoms. The van der Waals surface area contributed by atoms with Crippen molar-refractivity contribution in [2.24, 2.45) is 0 Å². The van der Waals surface area contributed by atoms with Gasteiger partial charge in [0.25, 0.3) is 0 Å². The van der Waals surface area contributed by atoms with Crippen LogP contribution in [0, 0.1) is 11.3 Å². The molecule has 0 aliphatic rings. The third-order valence-electron chi connectivity index (χ3n) is 2.84. The van der Waals surface area contributed by atoms with Crippen LogP contribution in [0.2, 0.25) is 5.02 Å². The van der Waals surface area contributed by atoms with Crippen LogP contribution in [0.25, 0.3) is 0 Å². The molecule has 2 N–H and O–H groups in total. The summed E-state index contributed by atoms with van der Waals surface area (Å²) in [5.74, 6) is 0. The van der Waals surface area contributed by atoms with Crippen LogP contribution in [0.5, 0.6) is 0 Å². The first-order valence-electron chi connectivity index (χ1n) is 5.97. The van der Waals surface area contributed by atoms with Gasteiger partial charge < -0.3 is 10.4 Å². The number of anilines is 1. The van der Waals surface area contributed by atoms with E-state index in [1.54, 1.807) is 42.5 Å². The fourth-order valence-electron chi connectivity index (χ4n) is 1.74. The SMILES string of the molecule is N#Cc1ccc(NCC(O)c2ccc(Cl)cc2)c(Br)c1. The lowest BCUT2D eigenvalue weighted by Gasteiger charge is -2.14. The second-order valence-corrected chi connectivity index (χ2v) is 5.55. The van der Waals surface area contributed by atoms with E-state index in [2.05, 4.69) is 27.3 Å². The predicted molar refractivity (Wildman–Crippen MR) is 83.8 cm³/mol. The maximum absolute atomic E-state index is 10.1. The number of nitriles is 1. The molecule has 3 nitrogen and oxygen atoms in total. The average molecular weight is 352 g/mol. The molecule has 0 spiro atoms. The highest BCUT2D eigenvalue weighted by atomic mass is 79.9. The molecule has 1 unspecified atom stereocenters. The van der Waals surface area contributed by atoms with E-state index in [0.29, 0.717) is 17.1 Å². The summed E-state index contributed by atoms with van der Waals surface area (Å²) in [5, 5.41) is 22.7. The molecule has 0 radical (unpaired) electrons. The molecule has 0 saturated carbocycles. The Balaban J connectivity index is 2.01. The van der Waals surface area contributed by atoms with Crippen LogP contribution in [0.4, 0.5) is 5.69 Å². The first-order chi connectivity index (χ1) is 9.60. The lowest BCUT2D eigenvalue weighted by atomic mass is 10.1. The van der Waals surface area contributed by atoms with Crippen molar-refractivity contribution < 1.29 is 5.11 Å². The fraction of sp³-hybridized carbons (Fsp3) is 0.133. The van der Waals surface area contributed by atoms with Crippen LogP contribution in [0.3, 0.4) is 0 Å². The maximum Gasteiger partial charge on any atom is 0.0992 e. The summed E-state index contributed by atoms with van der Waals surface area (Å²) in [4.78, 5) is 0. The molecule has 0 bridgehead atoms. The Labute approximate surface area is 130 Å². The minimum atomic E-state index is -0.630. The van der Waals surface area contributed by atoms with Gasteiger partial charge in [-0.2, -0.15) is 5.26 Å². The van der Waals surface area contributed by atoms with E-state index in [4.69, 9.17) is 16.9 Å². The van der Waals surface area contributed by atoms with Gasteiger partial charge in [0.2, 0.25) is 0 Å². The zero-order chi connectivity index (χ0) is 14.5. The molecule has 0 aliphatic carbocycles. The summed E-state index contributed by atoms with van der Waals surface area (Å²) in [6.07, 6.45) is -0.630. The molecular weight excluding hydrogens is 340 g/mol. The molecule has 20 heavy (non-hydrogen) atoms. The zero-order valence-electron chi connectivity index (χ0n) is 10.5. The number of hydrogen-bond donors (Lipinski definition) is 2. The standard InChI is InChI=1S/C15H12BrClN2O/c16-13-7-10(8-18)1-6-14(13)19-9-15(20)11-2-4-12(17)5-3-11/h1-7,15,19-20H,9H2. The Hall–Kier alpha value is -1.54. The van der Waals surface area contributed by atoms with Gasteiger partial charge in [0.05, 0.1) is 17.7 Å². The molecule has 0 amide bonds. The summed E-state index contributed by atoms with van der Waals surface area (Å²) in [7, 11) is 0. The van der Waals surface area contributed by atoms with E-state index in [1.807, 2.05) is 0 Å². The van der Waals surface area contributed by atoms with E-state index in [9.17, 15) is 5.11 Å². The lowest BCUT2D eigenvalue weighted by Crippen LogP contribution is -2.12. The van der Waals surface area contributed by atoms with Gasteiger partial charge in [-0.05, 0) is 51.8 Å². The van der Waals surface area contributed by atoms with Gasteiger partial charge in [-0.25, -0.2) is 0 Å². The molecular formula is C15H12BrClN2O. The van der Waals surface area contributed by atoms with Gasteiger partial charge in [-0.15, -0.1) is 0 Å². The molecule has 102 valence electrons. The number of halogens is 2. The van der Waals surface area contributed by atoms with Gasteiger partial charge >= 0.3 is 0 Å². The number of rotatable bonds is 4. The van der Waals surface area contributed by atoms with Crippen molar-refractivity contribution in [3.05, 3.63) is 63.1 Å². The van der Waals surface area contributed by atoms with Crippen molar-refractivity contribution in [1.82, 2.24) is 0 Å². The minimum absolute atomic E-state index is 0.367. The highest BCUT2D eigenvalue weighted by Crippen LogP contribution is 2.24. The Bertz CT molecular complexity index is 637. The highest BCUT2D eigenvalue weighted by Gasteiger charge is 2.08. The normalized spacial score (nSPS) is 11.7. The van der Waals surface area contributed by atoms with E-state index in [0.717, 1.165) is 15.7 Å². The van der Waals surface area contributed by atoms with Gasteiger partial charge in [-0.1, -0.05) is 23.7 Å². The van der Waals surface area contributed by atoms with Crippen molar-refractivity contribution in [2.45, 2.75) is 6.10 Å². The minimum Gasteiger partial charge on any atom is -0.387 e.